The first kappa shape index (κ1) is 13.1. The van der Waals surface area contributed by atoms with Crippen LogP contribution in [0.4, 0.5) is 0 Å². The van der Waals surface area contributed by atoms with Crippen molar-refractivity contribution in [2.75, 3.05) is 0 Å². The SMILES string of the molecule is CC(C)c1ccc(-n2c3ccccc3c3cccnc32)cc1. The van der Waals surface area contributed by atoms with Crippen molar-refractivity contribution in [1.82, 2.24) is 9.55 Å². The van der Waals surface area contributed by atoms with Gasteiger partial charge in [0.2, 0.25) is 0 Å². The predicted molar refractivity (Wildman–Crippen MR) is 92.7 cm³/mol. The van der Waals surface area contributed by atoms with Crippen molar-refractivity contribution >= 4 is 21.9 Å². The van der Waals surface area contributed by atoms with E-state index in [1.807, 2.05) is 12.3 Å². The summed E-state index contributed by atoms with van der Waals surface area (Å²) in [6.07, 6.45) is 1.86. The molecule has 2 heterocycles. The summed E-state index contributed by atoms with van der Waals surface area (Å²) in [5.74, 6) is 0.547. The zero-order valence-corrected chi connectivity index (χ0v) is 12.8. The van der Waals surface area contributed by atoms with E-state index in [0.29, 0.717) is 5.92 Å². The molecule has 0 atom stereocenters. The maximum absolute atomic E-state index is 4.62. The Bertz CT molecular complexity index is 893. The number of para-hydroxylation sites is 1. The highest BCUT2D eigenvalue weighted by Crippen LogP contribution is 2.30. The van der Waals surface area contributed by atoms with Gasteiger partial charge in [-0.25, -0.2) is 4.98 Å². The Morgan fingerprint density at radius 1 is 0.818 bits per heavy atom. The first-order valence-corrected chi connectivity index (χ1v) is 7.70. The molecule has 0 spiro atoms. The maximum Gasteiger partial charge on any atom is 0.145 e. The molecular weight excluding hydrogens is 268 g/mol. The lowest BCUT2D eigenvalue weighted by Crippen LogP contribution is -1.96. The van der Waals surface area contributed by atoms with E-state index >= 15 is 0 Å². The largest absolute Gasteiger partial charge is 0.294 e. The van der Waals surface area contributed by atoms with Crippen molar-refractivity contribution in [3.63, 3.8) is 0 Å². The Balaban J connectivity index is 2.04. The Kier molecular flexibility index (Phi) is 2.97. The fourth-order valence-corrected chi connectivity index (χ4v) is 3.07. The second-order valence-electron chi connectivity index (χ2n) is 5.97. The van der Waals surface area contributed by atoms with Gasteiger partial charge in [-0.1, -0.05) is 44.2 Å². The van der Waals surface area contributed by atoms with Gasteiger partial charge in [-0.15, -0.1) is 0 Å². The number of pyridine rings is 1. The molecule has 0 saturated carbocycles. The fourth-order valence-electron chi connectivity index (χ4n) is 3.07. The summed E-state index contributed by atoms with van der Waals surface area (Å²) in [6, 6.07) is 21.4. The predicted octanol–water partition coefficient (Wildman–Crippen LogP) is 5.30. The van der Waals surface area contributed by atoms with Crippen molar-refractivity contribution in [3.05, 3.63) is 72.4 Å². The summed E-state index contributed by atoms with van der Waals surface area (Å²) < 4.78 is 2.24. The summed E-state index contributed by atoms with van der Waals surface area (Å²) in [7, 11) is 0. The Morgan fingerprint density at radius 3 is 2.32 bits per heavy atom. The van der Waals surface area contributed by atoms with Gasteiger partial charge in [-0.3, -0.25) is 4.57 Å². The minimum atomic E-state index is 0.547. The molecule has 0 N–H and O–H groups in total. The van der Waals surface area contributed by atoms with Gasteiger partial charge in [0.1, 0.15) is 5.65 Å². The Morgan fingerprint density at radius 2 is 1.55 bits per heavy atom. The standard InChI is InChI=1S/C20H18N2/c1-14(2)15-9-11-16(12-10-15)22-19-8-4-3-6-17(19)18-7-5-13-21-20(18)22/h3-14H,1-2H3. The number of benzene rings is 2. The van der Waals surface area contributed by atoms with Crippen LogP contribution in [-0.2, 0) is 0 Å². The molecule has 4 aromatic rings. The molecule has 0 fully saturated rings. The van der Waals surface area contributed by atoms with E-state index < -0.39 is 0 Å². The van der Waals surface area contributed by atoms with Crippen LogP contribution in [0.2, 0.25) is 0 Å². The highest BCUT2D eigenvalue weighted by Gasteiger charge is 2.12. The summed E-state index contributed by atoms with van der Waals surface area (Å²) in [4.78, 5) is 4.62. The van der Waals surface area contributed by atoms with Gasteiger partial charge in [0.05, 0.1) is 5.52 Å². The maximum atomic E-state index is 4.62. The van der Waals surface area contributed by atoms with Crippen molar-refractivity contribution < 1.29 is 0 Å². The molecule has 0 aliphatic rings. The van der Waals surface area contributed by atoms with Crippen LogP contribution in [0.15, 0.2) is 66.9 Å². The minimum absolute atomic E-state index is 0.547. The van der Waals surface area contributed by atoms with Gasteiger partial charge >= 0.3 is 0 Å². The molecule has 2 aromatic heterocycles. The van der Waals surface area contributed by atoms with Crippen LogP contribution < -0.4 is 0 Å². The zero-order chi connectivity index (χ0) is 15.1. The summed E-state index contributed by atoms with van der Waals surface area (Å²) in [6.45, 7) is 4.44. The molecule has 2 aromatic carbocycles. The Labute approximate surface area is 130 Å². The third kappa shape index (κ3) is 1.92. The number of hydrogen-bond donors (Lipinski definition) is 0. The highest BCUT2D eigenvalue weighted by atomic mass is 15.0. The van der Waals surface area contributed by atoms with Gasteiger partial charge in [0.25, 0.3) is 0 Å². The van der Waals surface area contributed by atoms with Crippen LogP contribution in [0.1, 0.15) is 25.3 Å². The smallest absolute Gasteiger partial charge is 0.145 e. The second-order valence-corrected chi connectivity index (χ2v) is 5.97. The second kappa shape index (κ2) is 4.99. The van der Waals surface area contributed by atoms with Crippen LogP contribution in [0.5, 0.6) is 0 Å². The molecule has 0 aliphatic carbocycles. The number of aromatic nitrogens is 2. The van der Waals surface area contributed by atoms with Crippen LogP contribution in [0.3, 0.4) is 0 Å². The highest BCUT2D eigenvalue weighted by molar-refractivity contribution is 6.07. The van der Waals surface area contributed by atoms with E-state index in [0.717, 1.165) is 11.3 Å². The average Bonchev–Trinajstić information content (AvgIpc) is 2.89. The van der Waals surface area contributed by atoms with Gasteiger partial charge in [-0.2, -0.15) is 0 Å². The molecule has 2 nitrogen and oxygen atoms in total. The quantitative estimate of drug-likeness (QED) is 0.489. The number of fused-ring (bicyclic) bond motifs is 3. The molecule has 0 radical (unpaired) electrons. The molecule has 0 saturated heterocycles. The molecule has 0 unspecified atom stereocenters. The van der Waals surface area contributed by atoms with Crippen molar-refractivity contribution in [2.24, 2.45) is 0 Å². The molecule has 0 amide bonds. The molecule has 22 heavy (non-hydrogen) atoms. The molecule has 2 heteroatoms. The number of nitrogens with zero attached hydrogens (tertiary/aromatic N) is 2. The minimum Gasteiger partial charge on any atom is -0.294 e. The van der Waals surface area contributed by atoms with Crippen LogP contribution >= 0.6 is 0 Å². The van der Waals surface area contributed by atoms with Gasteiger partial charge in [0, 0.05) is 22.7 Å². The normalized spacial score (nSPS) is 11.6. The third-order valence-electron chi connectivity index (χ3n) is 4.25. The van der Waals surface area contributed by atoms with E-state index in [2.05, 4.69) is 78.0 Å². The lowest BCUT2D eigenvalue weighted by Gasteiger charge is -2.10. The first-order valence-electron chi connectivity index (χ1n) is 7.70. The lowest BCUT2D eigenvalue weighted by atomic mass is 10.0. The summed E-state index contributed by atoms with van der Waals surface area (Å²) >= 11 is 0. The van der Waals surface area contributed by atoms with E-state index in [4.69, 9.17) is 0 Å². The lowest BCUT2D eigenvalue weighted by molar-refractivity contribution is 0.866. The van der Waals surface area contributed by atoms with E-state index in [1.54, 1.807) is 0 Å². The summed E-state index contributed by atoms with van der Waals surface area (Å²) in [5, 5.41) is 2.45. The first-order chi connectivity index (χ1) is 10.8. The van der Waals surface area contributed by atoms with Crippen molar-refractivity contribution in [1.29, 1.82) is 0 Å². The molecule has 0 aliphatic heterocycles. The van der Waals surface area contributed by atoms with Gasteiger partial charge in [-0.05, 0) is 41.8 Å². The van der Waals surface area contributed by atoms with Crippen LogP contribution in [0.25, 0.3) is 27.6 Å². The third-order valence-corrected chi connectivity index (χ3v) is 4.25. The van der Waals surface area contributed by atoms with Crippen molar-refractivity contribution in [2.45, 2.75) is 19.8 Å². The zero-order valence-electron chi connectivity index (χ0n) is 12.8. The number of rotatable bonds is 2. The van der Waals surface area contributed by atoms with Gasteiger partial charge < -0.3 is 0 Å². The van der Waals surface area contributed by atoms with E-state index in [1.165, 1.54) is 21.9 Å². The topological polar surface area (TPSA) is 17.8 Å². The van der Waals surface area contributed by atoms with Crippen LogP contribution in [0, 0.1) is 0 Å². The molecule has 4 rings (SSSR count). The summed E-state index contributed by atoms with van der Waals surface area (Å²) in [5.41, 5.74) is 4.74. The molecule has 108 valence electrons. The van der Waals surface area contributed by atoms with Crippen LogP contribution in [-0.4, -0.2) is 9.55 Å². The van der Waals surface area contributed by atoms with E-state index in [-0.39, 0.29) is 0 Å². The molecule has 0 bridgehead atoms. The average molecular weight is 286 g/mol. The fraction of sp³-hybridized carbons (Fsp3) is 0.150. The molecular formula is C20H18N2. The number of hydrogen-bond acceptors (Lipinski definition) is 1. The Hall–Kier alpha value is -2.61. The monoisotopic (exact) mass is 286 g/mol. The van der Waals surface area contributed by atoms with Gasteiger partial charge in [0.15, 0.2) is 0 Å². The van der Waals surface area contributed by atoms with E-state index in [9.17, 15) is 0 Å². The van der Waals surface area contributed by atoms with Crippen molar-refractivity contribution in [3.8, 4) is 5.69 Å².